The molecule has 0 heterocycles. The molecular weight excluding hydrogens is 258 g/mol. The zero-order chi connectivity index (χ0) is 15.8. The molecule has 1 rings (SSSR count). The van der Waals surface area contributed by atoms with Gasteiger partial charge in [-0.1, -0.05) is 44.2 Å². The minimum absolute atomic E-state index is 0.445. The van der Waals surface area contributed by atoms with Gasteiger partial charge in [0.15, 0.2) is 0 Å². The van der Waals surface area contributed by atoms with Crippen LogP contribution < -0.4 is 5.73 Å². The summed E-state index contributed by atoms with van der Waals surface area (Å²) in [5, 5.41) is 0. The van der Waals surface area contributed by atoms with Crippen molar-refractivity contribution in [2.45, 2.75) is 45.2 Å². The van der Waals surface area contributed by atoms with Gasteiger partial charge in [-0.05, 0) is 45.5 Å². The fourth-order valence-electron chi connectivity index (χ4n) is 3.26. The lowest BCUT2D eigenvalue weighted by atomic mass is 9.92. The third-order valence-electron chi connectivity index (χ3n) is 4.30. The van der Waals surface area contributed by atoms with Crippen LogP contribution in [0.3, 0.4) is 0 Å². The molecule has 0 fully saturated rings. The van der Waals surface area contributed by atoms with E-state index in [9.17, 15) is 0 Å². The number of hydrogen-bond donors (Lipinski definition) is 1. The van der Waals surface area contributed by atoms with Crippen molar-refractivity contribution in [1.82, 2.24) is 9.80 Å². The molecule has 3 unspecified atom stereocenters. The minimum atomic E-state index is 0.445. The molecular formula is C18H33N3. The number of benzene rings is 1. The Balaban J connectivity index is 2.71. The van der Waals surface area contributed by atoms with Gasteiger partial charge in [0.05, 0.1) is 0 Å². The summed E-state index contributed by atoms with van der Waals surface area (Å²) in [6.45, 7) is 9.70. The molecule has 0 aliphatic carbocycles. The average Bonchev–Trinajstić information content (AvgIpc) is 2.46. The Hall–Kier alpha value is -0.900. The summed E-state index contributed by atoms with van der Waals surface area (Å²) in [5.74, 6) is 0.542. The minimum Gasteiger partial charge on any atom is -0.329 e. The molecule has 0 radical (unpaired) electrons. The first-order valence-corrected chi connectivity index (χ1v) is 8.15. The summed E-state index contributed by atoms with van der Waals surface area (Å²) >= 11 is 0. The smallest absolute Gasteiger partial charge is 0.0227 e. The molecule has 0 bridgehead atoms. The fourth-order valence-corrected chi connectivity index (χ4v) is 3.26. The second-order valence-corrected chi connectivity index (χ2v) is 6.38. The topological polar surface area (TPSA) is 32.5 Å². The van der Waals surface area contributed by atoms with Gasteiger partial charge in [0.25, 0.3) is 0 Å². The molecule has 1 aromatic carbocycles. The van der Waals surface area contributed by atoms with Gasteiger partial charge in [-0.25, -0.2) is 0 Å². The SMILES string of the molecule is CCN(C(C)CN(C)C)C(CN)CC(C)c1ccccc1. The summed E-state index contributed by atoms with van der Waals surface area (Å²) in [6, 6.07) is 11.7. The zero-order valence-electron chi connectivity index (χ0n) is 14.4. The highest BCUT2D eigenvalue weighted by Crippen LogP contribution is 2.23. The van der Waals surface area contributed by atoms with E-state index in [1.165, 1.54) is 5.56 Å². The van der Waals surface area contributed by atoms with Gasteiger partial charge >= 0.3 is 0 Å². The van der Waals surface area contributed by atoms with Crippen LogP contribution in [0.2, 0.25) is 0 Å². The van der Waals surface area contributed by atoms with E-state index in [-0.39, 0.29) is 0 Å². The van der Waals surface area contributed by atoms with Crippen LogP contribution in [0.5, 0.6) is 0 Å². The van der Waals surface area contributed by atoms with E-state index in [0.717, 1.165) is 26.1 Å². The van der Waals surface area contributed by atoms with Gasteiger partial charge in [0.1, 0.15) is 0 Å². The number of nitrogens with zero attached hydrogens (tertiary/aromatic N) is 2. The zero-order valence-corrected chi connectivity index (χ0v) is 14.4. The molecule has 3 nitrogen and oxygen atoms in total. The first-order chi connectivity index (χ1) is 9.99. The summed E-state index contributed by atoms with van der Waals surface area (Å²) in [7, 11) is 4.27. The first kappa shape index (κ1) is 18.1. The molecule has 0 aliphatic heterocycles. The van der Waals surface area contributed by atoms with Crippen LogP contribution in [0.4, 0.5) is 0 Å². The third-order valence-corrected chi connectivity index (χ3v) is 4.30. The number of likely N-dealkylation sites (N-methyl/N-ethyl adjacent to an activating group) is 2. The molecule has 0 aromatic heterocycles. The third kappa shape index (κ3) is 5.77. The average molecular weight is 291 g/mol. The van der Waals surface area contributed by atoms with Crippen molar-refractivity contribution in [3.63, 3.8) is 0 Å². The number of hydrogen-bond acceptors (Lipinski definition) is 3. The Bertz CT molecular complexity index is 377. The molecule has 2 N–H and O–H groups in total. The van der Waals surface area contributed by atoms with E-state index in [2.05, 4.69) is 75.0 Å². The fraction of sp³-hybridized carbons (Fsp3) is 0.667. The van der Waals surface area contributed by atoms with E-state index in [1.54, 1.807) is 0 Å². The maximum atomic E-state index is 6.09. The van der Waals surface area contributed by atoms with Crippen molar-refractivity contribution in [3.05, 3.63) is 35.9 Å². The molecule has 0 amide bonds. The highest BCUT2D eigenvalue weighted by atomic mass is 15.2. The predicted molar refractivity (Wildman–Crippen MR) is 92.7 cm³/mol. The summed E-state index contributed by atoms with van der Waals surface area (Å²) in [5.41, 5.74) is 7.50. The molecule has 0 spiro atoms. The van der Waals surface area contributed by atoms with Gasteiger partial charge in [0.2, 0.25) is 0 Å². The maximum Gasteiger partial charge on any atom is 0.0227 e. The van der Waals surface area contributed by atoms with E-state index >= 15 is 0 Å². The normalized spacial score (nSPS) is 16.2. The quantitative estimate of drug-likeness (QED) is 0.759. The monoisotopic (exact) mass is 291 g/mol. The molecule has 3 heteroatoms. The first-order valence-electron chi connectivity index (χ1n) is 8.15. The Kier molecular flexibility index (Phi) is 7.94. The molecule has 3 atom stereocenters. The van der Waals surface area contributed by atoms with Crippen molar-refractivity contribution < 1.29 is 0 Å². The van der Waals surface area contributed by atoms with Crippen molar-refractivity contribution in [3.8, 4) is 0 Å². The van der Waals surface area contributed by atoms with Crippen LogP contribution in [0.25, 0.3) is 0 Å². The summed E-state index contributed by atoms with van der Waals surface area (Å²) < 4.78 is 0. The Morgan fingerprint density at radius 3 is 2.19 bits per heavy atom. The van der Waals surface area contributed by atoms with Gasteiger partial charge < -0.3 is 10.6 Å². The van der Waals surface area contributed by atoms with Crippen LogP contribution in [-0.4, -0.2) is 55.6 Å². The van der Waals surface area contributed by atoms with Crippen molar-refractivity contribution in [2.24, 2.45) is 5.73 Å². The van der Waals surface area contributed by atoms with Gasteiger partial charge in [-0.3, -0.25) is 4.90 Å². The Labute approximate surface area is 131 Å². The lowest BCUT2D eigenvalue weighted by Gasteiger charge is -2.37. The molecule has 1 aromatic rings. The highest BCUT2D eigenvalue weighted by molar-refractivity contribution is 5.19. The number of rotatable bonds is 9. The Morgan fingerprint density at radius 1 is 1.10 bits per heavy atom. The lowest BCUT2D eigenvalue weighted by molar-refractivity contribution is 0.121. The van der Waals surface area contributed by atoms with Crippen LogP contribution >= 0.6 is 0 Å². The molecule has 120 valence electrons. The molecule has 0 aliphatic rings. The van der Waals surface area contributed by atoms with Crippen LogP contribution in [0.15, 0.2) is 30.3 Å². The molecule has 0 saturated carbocycles. The second kappa shape index (κ2) is 9.19. The largest absolute Gasteiger partial charge is 0.329 e. The molecule has 21 heavy (non-hydrogen) atoms. The van der Waals surface area contributed by atoms with E-state index in [0.29, 0.717) is 18.0 Å². The molecule has 0 saturated heterocycles. The van der Waals surface area contributed by atoms with E-state index in [4.69, 9.17) is 5.73 Å². The van der Waals surface area contributed by atoms with Crippen LogP contribution in [-0.2, 0) is 0 Å². The van der Waals surface area contributed by atoms with Crippen LogP contribution in [0, 0.1) is 0 Å². The van der Waals surface area contributed by atoms with Gasteiger partial charge in [-0.15, -0.1) is 0 Å². The van der Waals surface area contributed by atoms with Gasteiger partial charge in [-0.2, -0.15) is 0 Å². The van der Waals surface area contributed by atoms with Crippen molar-refractivity contribution >= 4 is 0 Å². The highest BCUT2D eigenvalue weighted by Gasteiger charge is 2.23. The second-order valence-electron chi connectivity index (χ2n) is 6.38. The van der Waals surface area contributed by atoms with E-state index < -0.39 is 0 Å². The predicted octanol–water partition coefficient (Wildman–Crippen LogP) is 2.78. The number of nitrogens with two attached hydrogens (primary N) is 1. The Morgan fingerprint density at radius 2 is 1.71 bits per heavy atom. The maximum absolute atomic E-state index is 6.09. The van der Waals surface area contributed by atoms with Gasteiger partial charge in [0, 0.05) is 25.2 Å². The standard InChI is InChI=1S/C18H33N3/c1-6-21(16(3)14-20(4)5)18(13-19)12-15(2)17-10-8-7-9-11-17/h7-11,15-16,18H,6,12-14,19H2,1-5H3. The summed E-state index contributed by atoms with van der Waals surface area (Å²) in [6.07, 6.45) is 1.12. The van der Waals surface area contributed by atoms with E-state index in [1.807, 2.05) is 0 Å². The summed E-state index contributed by atoms with van der Waals surface area (Å²) in [4.78, 5) is 4.81. The van der Waals surface area contributed by atoms with Crippen molar-refractivity contribution in [2.75, 3.05) is 33.7 Å². The van der Waals surface area contributed by atoms with Crippen LogP contribution in [0.1, 0.15) is 38.7 Å². The lowest BCUT2D eigenvalue weighted by Crippen LogP contribution is -2.49. The van der Waals surface area contributed by atoms with Crippen molar-refractivity contribution in [1.29, 1.82) is 0 Å².